The van der Waals surface area contributed by atoms with E-state index in [4.69, 9.17) is 5.11 Å². The standard InChI is InChI=1S/C11H16N2O2/c1-13-7-9(5-6-10(14)15)12-11(13)8-3-2-4-8/h7-8H,2-6H2,1H3,(H,14,15). The minimum Gasteiger partial charge on any atom is -0.481 e. The van der Waals surface area contributed by atoms with Crippen LogP contribution in [0.5, 0.6) is 0 Å². The highest BCUT2D eigenvalue weighted by Crippen LogP contribution is 2.35. The monoisotopic (exact) mass is 208 g/mol. The van der Waals surface area contributed by atoms with E-state index in [1.54, 1.807) is 0 Å². The molecule has 15 heavy (non-hydrogen) atoms. The molecule has 0 unspecified atom stereocenters. The molecule has 0 aliphatic heterocycles. The van der Waals surface area contributed by atoms with Crippen LogP contribution in [0.4, 0.5) is 0 Å². The molecule has 1 aromatic heterocycles. The van der Waals surface area contributed by atoms with Crippen molar-refractivity contribution in [2.45, 2.75) is 38.0 Å². The van der Waals surface area contributed by atoms with Gasteiger partial charge in [-0.1, -0.05) is 6.42 Å². The van der Waals surface area contributed by atoms with Crippen LogP contribution in [0.1, 0.15) is 43.1 Å². The van der Waals surface area contributed by atoms with Crippen molar-refractivity contribution < 1.29 is 9.90 Å². The smallest absolute Gasteiger partial charge is 0.303 e. The molecule has 1 heterocycles. The number of carboxylic acids is 1. The molecule has 4 heteroatoms. The summed E-state index contributed by atoms with van der Waals surface area (Å²) >= 11 is 0. The molecule has 0 saturated heterocycles. The van der Waals surface area contributed by atoms with Crippen molar-refractivity contribution in [3.8, 4) is 0 Å². The lowest BCUT2D eigenvalue weighted by Crippen LogP contribution is -2.13. The summed E-state index contributed by atoms with van der Waals surface area (Å²) in [6, 6.07) is 0. The van der Waals surface area contributed by atoms with Crippen molar-refractivity contribution in [3.05, 3.63) is 17.7 Å². The highest BCUT2D eigenvalue weighted by Gasteiger charge is 2.23. The topological polar surface area (TPSA) is 55.1 Å². The molecule has 1 aromatic rings. The maximum absolute atomic E-state index is 10.4. The quantitative estimate of drug-likeness (QED) is 0.819. The average Bonchev–Trinajstić information content (AvgIpc) is 2.42. The minimum absolute atomic E-state index is 0.168. The Hall–Kier alpha value is -1.32. The fourth-order valence-electron chi connectivity index (χ4n) is 1.95. The second-order valence-electron chi connectivity index (χ2n) is 4.22. The van der Waals surface area contributed by atoms with Gasteiger partial charge in [0.2, 0.25) is 0 Å². The molecular weight excluding hydrogens is 192 g/mol. The first-order valence-corrected chi connectivity index (χ1v) is 5.40. The predicted octanol–water partition coefficient (Wildman–Crippen LogP) is 1.70. The SMILES string of the molecule is Cn1cc(CCC(=O)O)nc1C1CCC1. The van der Waals surface area contributed by atoms with Crippen molar-refractivity contribution in [1.29, 1.82) is 0 Å². The van der Waals surface area contributed by atoms with E-state index in [2.05, 4.69) is 4.98 Å². The Morgan fingerprint density at radius 1 is 1.67 bits per heavy atom. The molecule has 0 radical (unpaired) electrons. The highest BCUT2D eigenvalue weighted by molar-refractivity contribution is 5.66. The summed E-state index contributed by atoms with van der Waals surface area (Å²) in [5.41, 5.74) is 0.904. The van der Waals surface area contributed by atoms with E-state index < -0.39 is 5.97 Å². The lowest BCUT2D eigenvalue weighted by molar-refractivity contribution is -0.136. The fourth-order valence-corrected chi connectivity index (χ4v) is 1.95. The van der Waals surface area contributed by atoms with Gasteiger partial charge in [-0.05, 0) is 12.8 Å². The maximum Gasteiger partial charge on any atom is 0.303 e. The third-order valence-electron chi connectivity index (χ3n) is 3.03. The van der Waals surface area contributed by atoms with Gasteiger partial charge in [-0.25, -0.2) is 4.98 Å². The first kappa shape index (κ1) is 10.2. The van der Waals surface area contributed by atoms with Gasteiger partial charge in [0.25, 0.3) is 0 Å². The van der Waals surface area contributed by atoms with Crippen molar-refractivity contribution in [1.82, 2.24) is 9.55 Å². The Labute approximate surface area is 88.9 Å². The van der Waals surface area contributed by atoms with Crippen LogP contribution in [0.15, 0.2) is 6.20 Å². The zero-order valence-electron chi connectivity index (χ0n) is 8.94. The highest BCUT2D eigenvalue weighted by atomic mass is 16.4. The summed E-state index contributed by atoms with van der Waals surface area (Å²) < 4.78 is 2.04. The third kappa shape index (κ3) is 2.19. The van der Waals surface area contributed by atoms with Gasteiger partial charge in [-0.3, -0.25) is 4.79 Å². The number of carboxylic acid groups (broad SMARTS) is 1. The van der Waals surface area contributed by atoms with E-state index in [1.807, 2.05) is 17.8 Å². The number of rotatable bonds is 4. The average molecular weight is 208 g/mol. The van der Waals surface area contributed by atoms with E-state index >= 15 is 0 Å². The number of aryl methyl sites for hydroxylation is 2. The molecule has 1 fully saturated rings. The van der Waals surface area contributed by atoms with Crippen LogP contribution in [-0.2, 0) is 18.3 Å². The molecule has 0 spiro atoms. The van der Waals surface area contributed by atoms with Gasteiger partial charge in [-0.15, -0.1) is 0 Å². The Morgan fingerprint density at radius 3 is 2.93 bits per heavy atom. The largest absolute Gasteiger partial charge is 0.481 e. The Balaban J connectivity index is 2.03. The van der Waals surface area contributed by atoms with Crippen molar-refractivity contribution in [3.63, 3.8) is 0 Å². The summed E-state index contributed by atoms with van der Waals surface area (Å²) in [5.74, 6) is 0.973. The predicted molar refractivity (Wildman–Crippen MR) is 55.8 cm³/mol. The molecule has 82 valence electrons. The molecule has 1 saturated carbocycles. The number of aromatic nitrogens is 2. The van der Waals surface area contributed by atoms with E-state index in [-0.39, 0.29) is 6.42 Å². The van der Waals surface area contributed by atoms with E-state index in [0.717, 1.165) is 11.5 Å². The Kier molecular flexibility index (Phi) is 2.75. The van der Waals surface area contributed by atoms with Crippen molar-refractivity contribution in [2.75, 3.05) is 0 Å². The van der Waals surface area contributed by atoms with Crippen molar-refractivity contribution >= 4 is 5.97 Å². The lowest BCUT2D eigenvalue weighted by Gasteiger charge is -2.24. The molecule has 0 atom stereocenters. The van der Waals surface area contributed by atoms with Crippen LogP contribution in [0, 0.1) is 0 Å². The van der Waals surface area contributed by atoms with Gasteiger partial charge in [0, 0.05) is 25.6 Å². The van der Waals surface area contributed by atoms with Gasteiger partial charge in [0.05, 0.1) is 12.1 Å². The normalized spacial score (nSPS) is 16.3. The fraction of sp³-hybridized carbons (Fsp3) is 0.636. The second kappa shape index (κ2) is 4.04. The molecule has 0 amide bonds. The van der Waals surface area contributed by atoms with E-state index in [0.29, 0.717) is 12.3 Å². The van der Waals surface area contributed by atoms with Gasteiger partial charge in [-0.2, -0.15) is 0 Å². The molecule has 0 bridgehead atoms. The molecular formula is C11H16N2O2. The summed E-state index contributed by atoms with van der Waals surface area (Å²) in [5, 5.41) is 8.58. The number of carbonyl (C=O) groups is 1. The number of hydrogen-bond acceptors (Lipinski definition) is 2. The number of imidazole rings is 1. The summed E-state index contributed by atoms with van der Waals surface area (Å²) in [6.45, 7) is 0. The minimum atomic E-state index is -0.758. The zero-order chi connectivity index (χ0) is 10.8. The summed E-state index contributed by atoms with van der Waals surface area (Å²) in [7, 11) is 1.99. The van der Waals surface area contributed by atoms with Crippen molar-refractivity contribution in [2.24, 2.45) is 7.05 Å². The molecule has 4 nitrogen and oxygen atoms in total. The van der Waals surface area contributed by atoms with Crippen LogP contribution in [0.3, 0.4) is 0 Å². The van der Waals surface area contributed by atoms with E-state index in [9.17, 15) is 4.79 Å². The second-order valence-corrected chi connectivity index (χ2v) is 4.22. The van der Waals surface area contributed by atoms with E-state index in [1.165, 1.54) is 19.3 Å². The van der Waals surface area contributed by atoms with Crippen LogP contribution >= 0.6 is 0 Å². The molecule has 0 aromatic carbocycles. The summed E-state index contributed by atoms with van der Waals surface area (Å²) in [6.07, 6.45) is 6.40. The molecule has 2 rings (SSSR count). The number of aliphatic carboxylic acids is 1. The summed E-state index contributed by atoms with van der Waals surface area (Å²) in [4.78, 5) is 14.9. The van der Waals surface area contributed by atoms with Gasteiger partial charge in [0.1, 0.15) is 5.82 Å². The van der Waals surface area contributed by atoms with Crippen LogP contribution in [0.2, 0.25) is 0 Å². The van der Waals surface area contributed by atoms with Gasteiger partial charge in [0.15, 0.2) is 0 Å². The van der Waals surface area contributed by atoms with Crippen LogP contribution < -0.4 is 0 Å². The van der Waals surface area contributed by atoms with Crippen LogP contribution in [-0.4, -0.2) is 20.6 Å². The third-order valence-corrected chi connectivity index (χ3v) is 3.03. The zero-order valence-corrected chi connectivity index (χ0v) is 8.94. The lowest BCUT2D eigenvalue weighted by atomic mass is 9.85. The van der Waals surface area contributed by atoms with Gasteiger partial charge < -0.3 is 9.67 Å². The maximum atomic E-state index is 10.4. The van der Waals surface area contributed by atoms with Gasteiger partial charge >= 0.3 is 5.97 Å². The molecule has 1 N–H and O–H groups in total. The first-order valence-electron chi connectivity index (χ1n) is 5.40. The Bertz CT molecular complexity index is 367. The van der Waals surface area contributed by atoms with Crippen LogP contribution in [0.25, 0.3) is 0 Å². The molecule has 1 aliphatic carbocycles. The number of nitrogens with zero attached hydrogens (tertiary/aromatic N) is 2. The first-order chi connectivity index (χ1) is 7.16. The number of hydrogen-bond donors (Lipinski definition) is 1. The molecule has 1 aliphatic rings. The Morgan fingerprint density at radius 2 is 2.40 bits per heavy atom.